The largest absolute Gasteiger partial charge is 0.447 e. The van der Waals surface area contributed by atoms with Crippen molar-refractivity contribution >= 4 is 33.8 Å². The maximum atomic E-state index is 12.1. The van der Waals surface area contributed by atoms with Crippen LogP contribution < -0.4 is 10.2 Å². The molecule has 0 radical (unpaired) electrons. The summed E-state index contributed by atoms with van der Waals surface area (Å²) in [5, 5.41) is 17.0. The first-order valence-corrected chi connectivity index (χ1v) is 10.0. The van der Waals surface area contributed by atoms with Crippen LogP contribution in [0.1, 0.15) is 25.8 Å². The second-order valence-electron chi connectivity index (χ2n) is 6.82. The minimum absolute atomic E-state index is 0.0977. The Morgan fingerprint density at radius 3 is 2.73 bits per heavy atom. The number of ether oxygens (including phenoxy) is 1. The van der Waals surface area contributed by atoms with Crippen LogP contribution >= 0.6 is 15.9 Å². The van der Waals surface area contributed by atoms with Gasteiger partial charge in [-0.15, -0.1) is 0 Å². The van der Waals surface area contributed by atoms with E-state index in [0.717, 1.165) is 10.0 Å². The van der Waals surface area contributed by atoms with Crippen molar-refractivity contribution in [2.24, 2.45) is 0 Å². The van der Waals surface area contributed by atoms with Gasteiger partial charge in [0.15, 0.2) is 0 Å². The average Bonchev–Trinajstić information content (AvgIpc) is 3.36. The predicted molar refractivity (Wildman–Crippen MR) is 111 cm³/mol. The molecule has 1 fully saturated rings. The number of hydrogen-bond acceptors (Lipinski definition) is 9. The number of hydrogen-bond donors (Lipinski definition) is 2. The Kier molecular flexibility index (Phi) is 5.64. The number of aliphatic hydroxyl groups is 1. The molecule has 1 unspecified atom stereocenters. The number of cyclic esters (lactones) is 1. The summed E-state index contributed by atoms with van der Waals surface area (Å²) in [5.41, 5.74) is 0.829. The van der Waals surface area contributed by atoms with Gasteiger partial charge in [-0.2, -0.15) is 9.97 Å². The molecule has 11 heteroatoms. The summed E-state index contributed by atoms with van der Waals surface area (Å²) in [6, 6.07) is 8.26. The summed E-state index contributed by atoms with van der Waals surface area (Å²) in [6.07, 6.45) is 0.190. The van der Waals surface area contributed by atoms with Gasteiger partial charge in [-0.3, -0.25) is 4.90 Å². The third-order valence-electron chi connectivity index (χ3n) is 4.61. The van der Waals surface area contributed by atoms with Crippen LogP contribution in [-0.2, 0) is 4.74 Å². The fourth-order valence-corrected chi connectivity index (χ4v) is 3.25. The van der Waals surface area contributed by atoms with Crippen molar-refractivity contribution in [1.29, 1.82) is 0 Å². The normalized spacial score (nSPS) is 18.2. The topological polar surface area (TPSA) is 127 Å². The Hall–Kier alpha value is -3.05. The van der Waals surface area contributed by atoms with Gasteiger partial charge in [-0.1, -0.05) is 21.1 Å². The highest BCUT2D eigenvalue weighted by atomic mass is 79.9. The van der Waals surface area contributed by atoms with Crippen LogP contribution in [0.5, 0.6) is 0 Å². The molecule has 1 aliphatic heterocycles. The molecular formula is C19H19BrN6O4. The van der Waals surface area contributed by atoms with Crippen LogP contribution in [0, 0.1) is 0 Å². The molecule has 30 heavy (non-hydrogen) atoms. The molecule has 2 N–H and O–H groups in total. The minimum Gasteiger partial charge on any atom is -0.447 e. The van der Waals surface area contributed by atoms with Crippen molar-refractivity contribution in [2.45, 2.75) is 32.0 Å². The maximum absolute atomic E-state index is 12.1. The van der Waals surface area contributed by atoms with Crippen molar-refractivity contribution in [1.82, 2.24) is 20.1 Å². The van der Waals surface area contributed by atoms with E-state index in [9.17, 15) is 9.90 Å². The Balaban J connectivity index is 1.50. The Morgan fingerprint density at radius 1 is 1.23 bits per heavy atom. The molecule has 2 aromatic heterocycles. The number of rotatable bonds is 6. The van der Waals surface area contributed by atoms with Crippen molar-refractivity contribution in [3.05, 3.63) is 46.9 Å². The van der Waals surface area contributed by atoms with E-state index in [4.69, 9.17) is 9.26 Å². The molecule has 1 saturated heterocycles. The lowest BCUT2D eigenvalue weighted by Crippen LogP contribution is -2.41. The number of carbonyl (C=O) groups excluding carboxylic acids is 1. The number of halogens is 1. The van der Waals surface area contributed by atoms with Crippen LogP contribution in [0.25, 0.3) is 11.4 Å². The fourth-order valence-electron chi connectivity index (χ4n) is 2.99. The monoisotopic (exact) mass is 474 g/mol. The van der Waals surface area contributed by atoms with Gasteiger partial charge in [0, 0.05) is 16.2 Å². The van der Waals surface area contributed by atoms with Crippen LogP contribution in [0.4, 0.5) is 16.6 Å². The summed E-state index contributed by atoms with van der Waals surface area (Å²) < 4.78 is 11.4. The highest BCUT2D eigenvalue weighted by Crippen LogP contribution is 2.25. The zero-order chi connectivity index (χ0) is 21.3. The molecule has 1 amide bonds. The third kappa shape index (κ3) is 4.12. The molecule has 4 rings (SSSR count). The summed E-state index contributed by atoms with van der Waals surface area (Å²) >= 11 is 3.39. The zero-order valence-electron chi connectivity index (χ0n) is 16.2. The lowest BCUT2D eigenvalue weighted by atomic mass is 10.2. The number of anilines is 2. The van der Waals surface area contributed by atoms with Gasteiger partial charge in [0.05, 0.1) is 6.10 Å². The first-order valence-electron chi connectivity index (χ1n) is 9.25. The molecule has 10 nitrogen and oxygen atoms in total. The molecule has 0 aliphatic carbocycles. The predicted octanol–water partition coefficient (Wildman–Crippen LogP) is 3.17. The van der Waals surface area contributed by atoms with E-state index in [1.807, 2.05) is 31.2 Å². The molecule has 0 saturated carbocycles. The molecule has 1 aromatic carbocycles. The third-order valence-corrected chi connectivity index (χ3v) is 5.14. The smallest absolute Gasteiger partial charge is 0.416 e. The number of aliphatic hydroxyl groups excluding tert-OH is 1. The van der Waals surface area contributed by atoms with E-state index < -0.39 is 18.2 Å². The molecule has 156 valence electrons. The molecule has 3 atom stereocenters. The molecule has 3 aromatic rings. The van der Waals surface area contributed by atoms with Gasteiger partial charge in [0.2, 0.25) is 17.7 Å². The minimum atomic E-state index is -0.767. The molecule has 3 heterocycles. The second-order valence-corrected chi connectivity index (χ2v) is 7.74. The number of carbonyl (C=O) groups is 1. The van der Waals surface area contributed by atoms with Gasteiger partial charge in [-0.25, -0.2) is 9.78 Å². The zero-order valence-corrected chi connectivity index (χ0v) is 17.8. The molecular weight excluding hydrogens is 456 g/mol. The van der Waals surface area contributed by atoms with Crippen molar-refractivity contribution in [2.75, 3.05) is 16.8 Å². The number of benzene rings is 1. The Morgan fingerprint density at radius 2 is 2.00 bits per heavy atom. The van der Waals surface area contributed by atoms with Gasteiger partial charge in [0.25, 0.3) is 0 Å². The first-order chi connectivity index (χ1) is 14.4. The second kappa shape index (κ2) is 8.36. The number of aromatic nitrogens is 4. The summed E-state index contributed by atoms with van der Waals surface area (Å²) in [4.78, 5) is 26.4. The fraction of sp³-hybridized carbons (Fsp3) is 0.316. The van der Waals surface area contributed by atoms with Crippen LogP contribution in [-0.4, -0.2) is 50.1 Å². The van der Waals surface area contributed by atoms with Gasteiger partial charge >= 0.3 is 6.09 Å². The molecule has 1 aliphatic rings. The molecule has 0 bridgehead atoms. The van der Waals surface area contributed by atoms with Crippen molar-refractivity contribution < 1.29 is 19.2 Å². The van der Waals surface area contributed by atoms with E-state index in [0.29, 0.717) is 17.5 Å². The highest BCUT2D eigenvalue weighted by molar-refractivity contribution is 9.10. The van der Waals surface area contributed by atoms with E-state index in [1.54, 1.807) is 13.0 Å². The van der Waals surface area contributed by atoms with Gasteiger partial charge in [0.1, 0.15) is 24.5 Å². The summed E-state index contributed by atoms with van der Waals surface area (Å²) in [7, 11) is 0. The Labute approximate surface area is 180 Å². The molecule has 0 spiro atoms. The summed E-state index contributed by atoms with van der Waals surface area (Å²) in [6.45, 7) is 3.53. The van der Waals surface area contributed by atoms with Crippen molar-refractivity contribution in [3.63, 3.8) is 0 Å². The van der Waals surface area contributed by atoms with E-state index in [-0.39, 0.29) is 18.6 Å². The standard InChI is InChI=1S/C19H19BrN6O4/c1-10(17-24-16(25-30-17)12-3-5-13(20)6-4-12)22-18-21-8-7-15(23-18)26-14(11(2)27)9-29-19(26)28/h3-8,10-11,14,27H,9H2,1-2H3,(H,21,22,23)/t10-,11+,14?/m0/s1. The average molecular weight is 475 g/mol. The number of nitrogens with one attached hydrogen (secondary N) is 1. The van der Waals surface area contributed by atoms with Crippen molar-refractivity contribution in [3.8, 4) is 11.4 Å². The van der Waals surface area contributed by atoms with Gasteiger partial charge in [-0.05, 0) is 44.2 Å². The summed E-state index contributed by atoms with van der Waals surface area (Å²) in [5.74, 6) is 1.44. The number of amides is 1. The maximum Gasteiger partial charge on any atom is 0.416 e. The number of nitrogens with zero attached hydrogens (tertiary/aromatic N) is 5. The van der Waals surface area contributed by atoms with E-state index in [1.165, 1.54) is 11.1 Å². The van der Waals surface area contributed by atoms with Crippen LogP contribution in [0.2, 0.25) is 0 Å². The first kappa shape index (κ1) is 20.2. The quantitative estimate of drug-likeness (QED) is 0.553. The van der Waals surface area contributed by atoms with Crippen LogP contribution in [0.3, 0.4) is 0 Å². The SMILES string of the molecule is C[C@H](Nc1nccc(N2C(=O)OCC2[C@@H](C)O)n1)c1nc(-c2ccc(Br)cc2)no1. The lowest BCUT2D eigenvalue weighted by molar-refractivity contribution is 0.142. The van der Waals surface area contributed by atoms with Gasteiger partial charge < -0.3 is 19.7 Å². The highest BCUT2D eigenvalue weighted by Gasteiger charge is 2.38. The van der Waals surface area contributed by atoms with Crippen LogP contribution in [0.15, 0.2) is 45.5 Å². The van der Waals surface area contributed by atoms with E-state index in [2.05, 4.69) is 41.4 Å². The van der Waals surface area contributed by atoms with E-state index >= 15 is 0 Å². The Bertz CT molecular complexity index is 1040. The lowest BCUT2D eigenvalue weighted by Gasteiger charge is -2.22.